The summed E-state index contributed by atoms with van der Waals surface area (Å²) in [6.07, 6.45) is -2.74. The van der Waals surface area contributed by atoms with Crippen LogP contribution in [0.2, 0.25) is 0 Å². The van der Waals surface area contributed by atoms with Gasteiger partial charge in [0.1, 0.15) is 5.69 Å². The molecule has 17 heavy (non-hydrogen) atoms. The van der Waals surface area contributed by atoms with E-state index in [1.54, 1.807) is 0 Å². The minimum atomic E-state index is -4.45. The smallest absolute Gasteiger partial charge is 0.310 e. The van der Waals surface area contributed by atoms with Gasteiger partial charge < -0.3 is 4.90 Å². The van der Waals surface area contributed by atoms with Crippen molar-refractivity contribution in [3.8, 4) is 0 Å². The van der Waals surface area contributed by atoms with Gasteiger partial charge in [0.05, 0.1) is 16.7 Å². The van der Waals surface area contributed by atoms with Crippen LogP contribution in [-0.4, -0.2) is 22.3 Å². The number of carbonyl (C=O) groups is 1. The molecule has 1 aliphatic rings. The van der Waals surface area contributed by atoms with Crippen LogP contribution in [0.1, 0.15) is 12.1 Å². The Hall–Kier alpha value is -1.11. The molecule has 1 fully saturated rings. The van der Waals surface area contributed by atoms with Crippen LogP contribution in [-0.2, 0) is 11.0 Å². The molecule has 3 nitrogen and oxygen atoms in total. The number of anilines is 1. The van der Waals surface area contributed by atoms with Crippen LogP contribution in [0.3, 0.4) is 0 Å². The Balaban J connectivity index is 2.22. The Kier molecular flexibility index (Phi) is 3.11. The summed E-state index contributed by atoms with van der Waals surface area (Å²) in [5.41, 5.74) is -0.562. The fourth-order valence-electron chi connectivity index (χ4n) is 1.61. The summed E-state index contributed by atoms with van der Waals surface area (Å²) in [6, 6.07) is 2.14. The summed E-state index contributed by atoms with van der Waals surface area (Å²) < 4.78 is 36.9. The van der Waals surface area contributed by atoms with Crippen molar-refractivity contribution >= 4 is 27.5 Å². The fourth-order valence-corrected chi connectivity index (χ4v) is 2.07. The lowest BCUT2D eigenvalue weighted by Crippen LogP contribution is -2.27. The van der Waals surface area contributed by atoms with Gasteiger partial charge in [-0.05, 0) is 18.6 Å². The molecule has 0 N–H and O–H groups in total. The largest absolute Gasteiger partial charge is 0.433 e. The van der Waals surface area contributed by atoms with Crippen LogP contribution >= 0.6 is 15.9 Å². The van der Waals surface area contributed by atoms with Gasteiger partial charge in [-0.15, -0.1) is 0 Å². The van der Waals surface area contributed by atoms with Crippen molar-refractivity contribution in [2.45, 2.75) is 17.4 Å². The highest BCUT2D eigenvalue weighted by Crippen LogP contribution is 2.30. The molecule has 1 aliphatic heterocycles. The van der Waals surface area contributed by atoms with E-state index in [1.807, 2.05) is 0 Å². The molecule has 92 valence electrons. The lowest BCUT2D eigenvalue weighted by atomic mass is 10.3. The highest BCUT2D eigenvalue weighted by molar-refractivity contribution is 9.10. The van der Waals surface area contributed by atoms with Crippen molar-refractivity contribution < 1.29 is 18.0 Å². The Labute approximate surface area is 104 Å². The number of carbonyl (C=O) groups excluding carboxylic acids is 1. The van der Waals surface area contributed by atoms with Gasteiger partial charge in [0.25, 0.3) is 0 Å². The summed E-state index contributed by atoms with van der Waals surface area (Å²) in [5.74, 6) is -0.147. The number of hydrogen-bond donors (Lipinski definition) is 0. The normalized spacial score (nSPS) is 21.1. The molecule has 0 spiro atoms. The van der Waals surface area contributed by atoms with E-state index < -0.39 is 11.9 Å². The van der Waals surface area contributed by atoms with E-state index >= 15 is 0 Å². The predicted molar refractivity (Wildman–Crippen MR) is 58.9 cm³/mol. The second-order valence-electron chi connectivity index (χ2n) is 3.65. The number of pyridine rings is 1. The third-order valence-corrected chi connectivity index (χ3v) is 3.34. The first-order valence-corrected chi connectivity index (χ1v) is 5.80. The highest BCUT2D eigenvalue weighted by atomic mass is 79.9. The van der Waals surface area contributed by atoms with Gasteiger partial charge in [-0.1, -0.05) is 15.9 Å². The molecule has 2 rings (SSSR count). The average molecular weight is 309 g/mol. The lowest BCUT2D eigenvalue weighted by molar-refractivity contribution is -0.141. The van der Waals surface area contributed by atoms with Gasteiger partial charge in [0.15, 0.2) is 0 Å². The summed E-state index contributed by atoms with van der Waals surface area (Å²) >= 11 is 3.20. The van der Waals surface area contributed by atoms with Gasteiger partial charge in [-0.2, -0.15) is 13.2 Å². The number of halogens is 4. The zero-order valence-electron chi connectivity index (χ0n) is 8.54. The van der Waals surface area contributed by atoms with Crippen molar-refractivity contribution in [2.24, 2.45) is 0 Å². The maximum atomic E-state index is 12.3. The van der Waals surface area contributed by atoms with Gasteiger partial charge >= 0.3 is 6.18 Å². The molecule has 1 atom stereocenters. The van der Waals surface area contributed by atoms with Crippen molar-refractivity contribution in [1.29, 1.82) is 0 Å². The Bertz CT molecular complexity index is 432. The minimum Gasteiger partial charge on any atom is -0.310 e. The van der Waals surface area contributed by atoms with Crippen LogP contribution in [0.25, 0.3) is 0 Å². The molecule has 2 heterocycles. The predicted octanol–water partition coefficient (Wildman–Crippen LogP) is 2.60. The molecule has 7 heteroatoms. The van der Waals surface area contributed by atoms with E-state index in [9.17, 15) is 18.0 Å². The van der Waals surface area contributed by atoms with E-state index in [0.29, 0.717) is 18.7 Å². The van der Waals surface area contributed by atoms with E-state index in [0.717, 1.165) is 12.3 Å². The van der Waals surface area contributed by atoms with Crippen LogP contribution in [0, 0.1) is 0 Å². The molecule has 1 unspecified atom stereocenters. The van der Waals surface area contributed by atoms with Crippen LogP contribution in [0.5, 0.6) is 0 Å². The molecule has 0 aliphatic carbocycles. The molecule has 1 amide bonds. The fraction of sp³-hybridized carbons (Fsp3) is 0.400. The van der Waals surface area contributed by atoms with Gasteiger partial charge in [-0.25, -0.2) is 4.98 Å². The van der Waals surface area contributed by atoms with Crippen molar-refractivity contribution in [2.75, 3.05) is 11.4 Å². The van der Waals surface area contributed by atoms with Crippen molar-refractivity contribution in [3.63, 3.8) is 0 Å². The standard InChI is InChI=1S/C10H8BrF3N2O/c11-7-3-4-16(9(7)17)6-1-2-8(15-5-6)10(12,13)14/h1-2,5,7H,3-4H2. The molecule has 1 saturated heterocycles. The molecule has 1 aromatic heterocycles. The first-order valence-electron chi connectivity index (χ1n) is 4.88. The van der Waals surface area contributed by atoms with Gasteiger partial charge in [0.2, 0.25) is 5.91 Å². The molecule has 1 aromatic rings. The Morgan fingerprint density at radius 3 is 2.53 bits per heavy atom. The first-order chi connectivity index (χ1) is 7.89. The van der Waals surface area contributed by atoms with Crippen LogP contribution in [0.4, 0.5) is 18.9 Å². The third kappa shape index (κ3) is 2.43. The second-order valence-corrected chi connectivity index (χ2v) is 4.75. The minimum absolute atomic E-state index is 0.147. The monoisotopic (exact) mass is 308 g/mol. The van der Waals surface area contributed by atoms with Crippen LogP contribution < -0.4 is 4.90 Å². The quantitative estimate of drug-likeness (QED) is 0.747. The molecule has 0 bridgehead atoms. The SMILES string of the molecule is O=C1C(Br)CCN1c1ccc(C(F)(F)F)nc1. The average Bonchev–Trinajstić information content (AvgIpc) is 2.59. The van der Waals surface area contributed by atoms with Crippen molar-refractivity contribution in [1.82, 2.24) is 4.98 Å². The number of nitrogens with zero attached hydrogens (tertiary/aromatic N) is 2. The Morgan fingerprint density at radius 2 is 2.12 bits per heavy atom. The van der Waals surface area contributed by atoms with E-state index in [-0.39, 0.29) is 10.7 Å². The summed E-state index contributed by atoms with van der Waals surface area (Å²) in [5, 5.41) is 0. The maximum Gasteiger partial charge on any atom is 0.433 e. The lowest BCUT2D eigenvalue weighted by Gasteiger charge is -2.16. The number of alkyl halides is 4. The van der Waals surface area contributed by atoms with E-state index in [2.05, 4.69) is 20.9 Å². The maximum absolute atomic E-state index is 12.3. The van der Waals surface area contributed by atoms with Gasteiger partial charge in [-0.3, -0.25) is 4.79 Å². The number of hydrogen-bond acceptors (Lipinski definition) is 2. The van der Waals surface area contributed by atoms with Crippen molar-refractivity contribution in [3.05, 3.63) is 24.0 Å². The summed E-state index contributed by atoms with van der Waals surface area (Å²) in [4.78, 5) is 16.1. The van der Waals surface area contributed by atoms with Gasteiger partial charge in [0, 0.05) is 6.54 Å². The van der Waals surface area contributed by atoms with E-state index in [4.69, 9.17) is 0 Å². The second kappa shape index (κ2) is 4.29. The topological polar surface area (TPSA) is 33.2 Å². The molecule has 0 aromatic carbocycles. The first kappa shape index (κ1) is 12.3. The molecule has 0 saturated carbocycles. The third-order valence-electron chi connectivity index (χ3n) is 2.49. The van der Waals surface area contributed by atoms with E-state index in [1.165, 1.54) is 11.0 Å². The molecular weight excluding hydrogens is 301 g/mol. The molecular formula is C10H8BrF3N2O. The summed E-state index contributed by atoms with van der Waals surface area (Å²) in [6.45, 7) is 0.488. The number of amides is 1. The highest BCUT2D eigenvalue weighted by Gasteiger charge is 2.34. The van der Waals surface area contributed by atoms with Crippen LogP contribution in [0.15, 0.2) is 18.3 Å². The number of aromatic nitrogens is 1. The summed E-state index contributed by atoms with van der Waals surface area (Å²) in [7, 11) is 0. The Morgan fingerprint density at radius 1 is 1.41 bits per heavy atom. The number of rotatable bonds is 1. The zero-order valence-corrected chi connectivity index (χ0v) is 10.1. The zero-order chi connectivity index (χ0) is 12.6. The molecule has 0 radical (unpaired) electrons.